The molecule has 1 aromatic rings. The molecular weight excluding hydrogens is 376 g/mol. The number of hydrogen-bond donors (Lipinski definition) is 1. The number of fused-ring (bicyclic) bond motifs is 1. The largest absolute Gasteiger partial charge is 0.354 e. The van der Waals surface area contributed by atoms with Crippen LogP contribution in [-0.4, -0.2) is 73.0 Å². The van der Waals surface area contributed by atoms with Gasteiger partial charge in [-0.2, -0.15) is 0 Å². The number of amides is 2. The summed E-state index contributed by atoms with van der Waals surface area (Å²) in [6.07, 6.45) is 8.25. The minimum Gasteiger partial charge on any atom is -0.354 e. The van der Waals surface area contributed by atoms with E-state index < -0.39 is 6.04 Å². The zero-order valence-corrected chi connectivity index (χ0v) is 18.3. The molecular formula is C24H36N4O2. The molecule has 4 rings (SSSR count). The lowest BCUT2D eigenvalue weighted by Crippen LogP contribution is -2.48. The van der Waals surface area contributed by atoms with Crippen molar-refractivity contribution in [1.29, 1.82) is 0 Å². The predicted molar refractivity (Wildman–Crippen MR) is 120 cm³/mol. The molecule has 2 amide bonds. The molecule has 0 spiro atoms. The third-order valence-corrected chi connectivity index (χ3v) is 7.03. The van der Waals surface area contributed by atoms with Gasteiger partial charge in [0.05, 0.1) is 0 Å². The molecule has 0 unspecified atom stereocenters. The smallest absolute Gasteiger partial charge is 0.243 e. The standard InChI is InChI=1S/C24H36N4O2/c1-19(29)28-22-9-4-3-8-20(22)18-23(28)24(30)25-12-7-13-26-16-10-21(11-17-26)27-14-5-2-6-15-27/h3-4,8-9,21,23H,2,5-7,10-18H2,1H3,(H,25,30)/t23-/m1/s1. The van der Waals surface area contributed by atoms with Crippen molar-refractivity contribution >= 4 is 17.5 Å². The van der Waals surface area contributed by atoms with Crippen molar-refractivity contribution in [2.24, 2.45) is 0 Å². The van der Waals surface area contributed by atoms with E-state index in [1.54, 1.807) is 4.90 Å². The molecule has 1 atom stereocenters. The Hall–Kier alpha value is -1.92. The monoisotopic (exact) mass is 412 g/mol. The van der Waals surface area contributed by atoms with Crippen molar-refractivity contribution in [3.63, 3.8) is 0 Å². The molecule has 3 aliphatic heterocycles. The van der Waals surface area contributed by atoms with Crippen molar-refractivity contribution < 1.29 is 9.59 Å². The molecule has 2 fully saturated rings. The van der Waals surface area contributed by atoms with Gasteiger partial charge in [-0.1, -0.05) is 24.6 Å². The molecule has 3 heterocycles. The van der Waals surface area contributed by atoms with E-state index in [1.807, 2.05) is 24.3 Å². The fraction of sp³-hybridized carbons (Fsp3) is 0.667. The number of anilines is 1. The summed E-state index contributed by atoms with van der Waals surface area (Å²) in [7, 11) is 0. The summed E-state index contributed by atoms with van der Waals surface area (Å²) in [4.78, 5) is 31.8. The van der Waals surface area contributed by atoms with Gasteiger partial charge in [-0.05, 0) is 76.5 Å². The van der Waals surface area contributed by atoms with Gasteiger partial charge in [-0.15, -0.1) is 0 Å². The van der Waals surface area contributed by atoms with E-state index in [9.17, 15) is 9.59 Å². The van der Waals surface area contributed by atoms with Crippen LogP contribution in [-0.2, 0) is 16.0 Å². The number of rotatable bonds is 6. The molecule has 30 heavy (non-hydrogen) atoms. The fourth-order valence-corrected chi connectivity index (χ4v) is 5.41. The highest BCUT2D eigenvalue weighted by Gasteiger charge is 2.36. The maximum absolute atomic E-state index is 12.8. The van der Waals surface area contributed by atoms with Crippen LogP contribution >= 0.6 is 0 Å². The molecule has 164 valence electrons. The number of carbonyl (C=O) groups excluding carboxylic acids is 2. The second-order valence-corrected chi connectivity index (χ2v) is 9.05. The van der Waals surface area contributed by atoms with E-state index >= 15 is 0 Å². The zero-order valence-electron chi connectivity index (χ0n) is 18.3. The van der Waals surface area contributed by atoms with E-state index in [0.717, 1.165) is 30.3 Å². The molecule has 0 aliphatic carbocycles. The van der Waals surface area contributed by atoms with Crippen LogP contribution in [0.25, 0.3) is 0 Å². The van der Waals surface area contributed by atoms with E-state index in [4.69, 9.17) is 0 Å². The van der Waals surface area contributed by atoms with Gasteiger partial charge in [0, 0.05) is 31.6 Å². The Kier molecular flexibility index (Phi) is 7.05. The Morgan fingerprint density at radius 3 is 2.50 bits per heavy atom. The molecule has 6 nitrogen and oxygen atoms in total. The van der Waals surface area contributed by atoms with Gasteiger partial charge < -0.3 is 15.1 Å². The van der Waals surface area contributed by atoms with Crippen LogP contribution in [0.4, 0.5) is 5.69 Å². The van der Waals surface area contributed by atoms with Gasteiger partial charge in [-0.3, -0.25) is 14.5 Å². The molecule has 2 saturated heterocycles. The minimum atomic E-state index is -0.416. The SMILES string of the molecule is CC(=O)N1c2ccccc2C[C@@H]1C(=O)NCCCN1CCC(N2CCCCC2)CC1. The van der Waals surface area contributed by atoms with Crippen LogP contribution in [0.3, 0.4) is 0 Å². The quantitative estimate of drug-likeness (QED) is 0.729. The molecule has 3 aliphatic rings. The molecule has 1 aromatic carbocycles. The number of piperidine rings is 2. The summed E-state index contributed by atoms with van der Waals surface area (Å²) < 4.78 is 0. The van der Waals surface area contributed by atoms with Gasteiger partial charge in [0.25, 0.3) is 0 Å². The summed E-state index contributed by atoms with van der Waals surface area (Å²) >= 11 is 0. The number of hydrogen-bond acceptors (Lipinski definition) is 4. The van der Waals surface area contributed by atoms with Gasteiger partial charge in [0.15, 0.2) is 0 Å². The van der Waals surface area contributed by atoms with E-state index in [0.29, 0.717) is 13.0 Å². The van der Waals surface area contributed by atoms with Crippen LogP contribution in [0.15, 0.2) is 24.3 Å². The Morgan fingerprint density at radius 2 is 1.77 bits per heavy atom. The van der Waals surface area contributed by atoms with Crippen LogP contribution in [0, 0.1) is 0 Å². The number of carbonyl (C=O) groups is 2. The number of nitrogens with one attached hydrogen (secondary N) is 1. The molecule has 1 N–H and O–H groups in total. The molecule has 0 radical (unpaired) electrons. The normalized spacial score (nSPS) is 23.4. The first-order valence-corrected chi connectivity index (χ1v) is 11.8. The van der Waals surface area contributed by atoms with Crippen LogP contribution in [0.5, 0.6) is 0 Å². The highest BCUT2D eigenvalue weighted by atomic mass is 16.2. The van der Waals surface area contributed by atoms with Gasteiger partial charge in [-0.25, -0.2) is 0 Å². The van der Waals surface area contributed by atoms with Crippen LogP contribution in [0.1, 0.15) is 51.0 Å². The maximum atomic E-state index is 12.8. The Bertz CT molecular complexity index is 738. The zero-order chi connectivity index (χ0) is 20.9. The summed E-state index contributed by atoms with van der Waals surface area (Å²) in [6.45, 7) is 8.17. The van der Waals surface area contributed by atoms with Crippen molar-refractivity contribution in [2.75, 3.05) is 44.2 Å². The van der Waals surface area contributed by atoms with Gasteiger partial charge in [0.1, 0.15) is 6.04 Å². The molecule has 0 saturated carbocycles. The second-order valence-electron chi connectivity index (χ2n) is 9.05. The van der Waals surface area contributed by atoms with Crippen molar-refractivity contribution in [2.45, 2.75) is 64.0 Å². The summed E-state index contributed by atoms with van der Waals surface area (Å²) in [5.41, 5.74) is 1.95. The van der Waals surface area contributed by atoms with Crippen molar-refractivity contribution in [3.05, 3.63) is 29.8 Å². The highest BCUT2D eigenvalue weighted by molar-refractivity contribution is 6.02. The molecule has 0 aromatic heterocycles. The average Bonchev–Trinajstić information content (AvgIpc) is 3.18. The summed E-state index contributed by atoms with van der Waals surface area (Å²) in [6, 6.07) is 8.18. The lowest BCUT2D eigenvalue weighted by Gasteiger charge is -2.40. The number of nitrogens with zero attached hydrogens (tertiary/aromatic N) is 3. The van der Waals surface area contributed by atoms with Gasteiger partial charge >= 0.3 is 0 Å². The van der Waals surface area contributed by atoms with Crippen molar-refractivity contribution in [3.8, 4) is 0 Å². The predicted octanol–water partition coefficient (Wildman–Crippen LogP) is 2.42. The van der Waals surface area contributed by atoms with Crippen LogP contribution < -0.4 is 10.2 Å². The number of benzene rings is 1. The maximum Gasteiger partial charge on any atom is 0.243 e. The molecule has 0 bridgehead atoms. The summed E-state index contributed by atoms with van der Waals surface area (Å²) in [5.74, 6) is -0.109. The lowest BCUT2D eigenvalue weighted by molar-refractivity contribution is -0.125. The third kappa shape index (κ3) is 4.86. The highest BCUT2D eigenvalue weighted by Crippen LogP contribution is 2.32. The first-order valence-electron chi connectivity index (χ1n) is 11.8. The number of para-hydroxylation sites is 1. The van der Waals surface area contributed by atoms with Crippen LogP contribution in [0.2, 0.25) is 0 Å². The Labute approximate surface area is 180 Å². The lowest BCUT2D eigenvalue weighted by atomic mass is 10.00. The Balaban J connectivity index is 1.17. The third-order valence-electron chi connectivity index (χ3n) is 7.03. The van der Waals surface area contributed by atoms with Gasteiger partial charge in [0.2, 0.25) is 11.8 Å². The minimum absolute atomic E-state index is 0.0368. The van der Waals surface area contributed by atoms with E-state index in [1.165, 1.54) is 65.2 Å². The second kappa shape index (κ2) is 9.92. The average molecular weight is 413 g/mol. The first-order chi connectivity index (χ1) is 14.6. The first kappa shape index (κ1) is 21.3. The van der Waals surface area contributed by atoms with Crippen molar-refractivity contribution in [1.82, 2.24) is 15.1 Å². The number of likely N-dealkylation sites (tertiary alicyclic amines) is 2. The Morgan fingerprint density at radius 1 is 1.03 bits per heavy atom. The molecule has 6 heteroatoms. The fourth-order valence-electron chi connectivity index (χ4n) is 5.41. The van der Waals surface area contributed by atoms with E-state index in [-0.39, 0.29) is 11.8 Å². The topological polar surface area (TPSA) is 55.9 Å². The van der Waals surface area contributed by atoms with E-state index in [2.05, 4.69) is 15.1 Å². The summed E-state index contributed by atoms with van der Waals surface area (Å²) in [5, 5.41) is 3.08.